The van der Waals surface area contributed by atoms with E-state index in [2.05, 4.69) is 35.3 Å². The highest BCUT2D eigenvalue weighted by atomic mass is 32.1. The first-order chi connectivity index (χ1) is 11.4. The van der Waals surface area contributed by atoms with E-state index in [1.54, 1.807) is 11.3 Å². The summed E-state index contributed by atoms with van der Waals surface area (Å²) in [6.07, 6.45) is 7.76. The maximum absolute atomic E-state index is 5.80. The van der Waals surface area contributed by atoms with Crippen LogP contribution in [0.5, 0.6) is 0 Å². The zero-order chi connectivity index (χ0) is 15.5. The van der Waals surface area contributed by atoms with Gasteiger partial charge in [-0.15, -0.1) is 11.3 Å². The third-order valence-electron chi connectivity index (χ3n) is 4.14. The van der Waals surface area contributed by atoms with Crippen molar-refractivity contribution in [2.75, 3.05) is 6.61 Å². The van der Waals surface area contributed by atoms with Crippen LogP contribution in [0.25, 0.3) is 21.8 Å². The Morgan fingerprint density at radius 2 is 2.17 bits per heavy atom. The predicted molar refractivity (Wildman–Crippen MR) is 92.4 cm³/mol. The summed E-state index contributed by atoms with van der Waals surface area (Å²) in [7, 11) is 0. The van der Waals surface area contributed by atoms with Gasteiger partial charge in [0, 0.05) is 35.5 Å². The summed E-state index contributed by atoms with van der Waals surface area (Å²) in [6, 6.07) is 10.5. The molecule has 23 heavy (non-hydrogen) atoms. The van der Waals surface area contributed by atoms with Gasteiger partial charge < -0.3 is 4.74 Å². The fourth-order valence-corrected chi connectivity index (χ4v) is 3.59. The lowest BCUT2D eigenvalue weighted by Gasteiger charge is -2.22. The van der Waals surface area contributed by atoms with Crippen LogP contribution < -0.4 is 0 Å². The molecule has 4 nitrogen and oxygen atoms in total. The minimum Gasteiger partial charge on any atom is -0.376 e. The number of hydrogen-bond donors (Lipinski definition) is 0. The zero-order valence-corrected chi connectivity index (χ0v) is 13.7. The van der Waals surface area contributed by atoms with Gasteiger partial charge in [0.2, 0.25) is 0 Å². The summed E-state index contributed by atoms with van der Waals surface area (Å²) in [5, 5.41) is 7.76. The third kappa shape index (κ3) is 3.35. The Balaban J connectivity index is 1.53. The van der Waals surface area contributed by atoms with E-state index >= 15 is 0 Å². The average Bonchev–Trinajstić information content (AvgIpc) is 3.28. The number of ether oxygens (including phenoxy) is 1. The summed E-state index contributed by atoms with van der Waals surface area (Å²) in [5.74, 6) is 0. The van der Waals surface area contributed by atoms with Crippen LogP contribution in [0.1, 0.15) is 19.3 Å². The van der Waals surface area contributed by atoms with Crippen molar-refractivity contribution in [2.45, 2.75) is 31.9 Å². The SMILES string of the molecule is c1cc(-c2ccn(CC3CCCCO3)n2)cc(-c2nccs2)c1. The summed E-state index contributed by atoms with van der Waals surface area (Å²) < 4.78 is 7.80. The number of benzene rings is 1. The fourth-order valence-electron chi connectivity index (χ4n) is 2.95. The number of hydrogen-bond acceptors (Lipinski definition) is 4. The molecule has 4 rings (SSSR count). The molecule has 0 spiro atoms. The molecule has 0 saturated carbocycles. The van der Waals surface area contributed by atoms with Crippen LogP contribution >= 0.6 is 11.3 Å². The summed E-state index contributed by atoms with van der Waals surface area (Å²) in [5.41, 5.74) is 3.27. The predicted octanol–water partition coefficient (Wildman–Crippen LogP) is 4.24. The molecule has 3 heterocycles. The highest BCUT2D eigenvalue weighted by Gasteiger charge is 2.15. The van der Waals surface area contributed by atoms with Crippen molar-refractivity contribution in [1.82, 2.24) is 14.8 Å². The van der Waals surface area contributed by atoms with E-state index in [1.807, 2.05) is 22.5 Å². The van der Waals surface area contributed by atoms with Gasteiger partial charge in [-0.3, -0.25) is 4.68 Å². The lowest BCUT2D eigenvalue weighted by molar-refractivity contribution is 0.00403. The maximum Gasteiger partial charge on any atom is 0.123 e. The van der Waals surface area contributed by atoms with Crippen LogP contribution in [-0.2, 0) is 11.3 Å². The van der Waals surface area contributed by atoms with Crippen LogP contribution in [0, 0.1) is 0 Å². The molecule has 0 radical (unpaired) electrons. The molecule has 1 unspecified atom stereocenters. The highest BCUT2D eigenvalue weighted by molar-refractivity contribution is 7.13. The van der Waals surface area contributed by atoms with Gasteiger partial charge >= 0.3 is 0 Å². The van der Waals surface area contributed by atoms with Crippen molar-refractivity contribution in [3.63, 3.8) is 0 Å². The zero-order valence-electron chi connectivity index (χ0n) is 12.9. The van der Waals surface area contributed by atoms with Crippen molar-refractivity contribution in [1.29, 1.82) is 0 Å². The Morgan fingerprint density at radius 1 is 1.22 bits per heavy atom. The molecule has 1 saturated heterocycles. The van der Waals surface area contributed by atoms with Crippen LogP contribution in [0.2, 0.25) is 0 Å². The Labute approximate surface area is 139 Å². The van der Waals surface area contributed by atoms with Crippen LogP contribution in [0.4, 0.5) is 0 Å². The second kappa shape index (κ2) is 6.64. The number of rotatable bonds is 4. The number of aromatic nitrogens is 3. The largest absolute Gasteiger partial charge is 0.376 e. The maximum atomic E-state index is 5.80. The van der Waals surface area contributed by atoms with Gasteiger partial charge in [0.25, 0.3) is 0 Å². The molecule has 0 N–H and O–H groups in total. The van der Waals surface area contributed by atoms with Gasteiger partial charge in [-0.2, -0.15) is 5.10 Å². The average molecular weight is 325 g/mol. The third-order valence-corrected chi connectivity index (χ3v) is 4.97. The van der Waals surface area contributed by atoms with E-state index in [4.69, 9.17) is 9.84 Å². The van der Waals surface area contributed by atoms with Crippen molar-refractivity contribution >= 4 is 11.3 Å². The minimum absolute atomic E-state index is 0.304. The van der Waals surface area contributed by atoms with Crippen LogP contribution in [0.15, 0.2) is 48.1 Å². The molecule has 118 valence electrons. The van der Waals surface area contributed by atoms with Gasteiger partial charge in [0.15, 0.2) is 0 Å². The Bertz CT molecular complexity index is 760. The first-order valence-electron chi connectivity index (χ1n) is 8.04. The molecule has 3 aromatic rings. The van der Waals surface area contributed by atoms with Gasteiger partial charge in [0.05, 0.1) is 18.3 Å². The quantitative estimate of drug-likeness (QED) is 0.720. The van der Waals surface area contributed by atoms with Crippen LogP contribution in [0.3, 0.4) is 0 Å². The summed E-state index contributed by atoms with van der Waals surface area (Å²) in [6.45, 7) is 1.72. The Kier molecular flexibility index (Phi) is 4.22. The molecule has 0 amide bonds. The highest BCUT2D eigenvalue weighted by Crippen LogP contribution is 2.26. The molecular formula is C18H19N3OS. The molecule has 1 aromatic carbocycles. The van der Waals surface area contributed by atoms with Gasteiger partial charge in [0.1, 0.15) is 5.01 Å². The molecular weight excluding hydrogens is 306 g/mol. The Hall–Kier alpha value is -1.98. The monoisotopic (exact) mass is 325 g/mol. The van der Waals surface area contributed by atoms with E-state index in [0.717, 1.165) is 41.4 Å². The smallest absolute Gasteiger partial charge is 0.123 e. The lowest BCUT2D eigenvalue weighted by atomic mass is 10.1. The molecule has 1 aliphatic heterocycles. The molecule has 2 aromatic heterocycles. The van der Waals surface area contributed by atoms with E-state index in [1.165, 1.54) is 12.8 Å². The minimum atomic E-state index is 0.304. The molecule has 5 heteroatoms. The molecule has 0 aliphatic carbocycles. The number of nitrogens with zero attached hydrogens (tertiary/aromatic N) is 3. The first-order valence-corrected chi connectivity index (χ1v) is 8.92. The fraction of sp³-hybridized carbons (Fsp3) is 0.333. The summed E-state index contributed by atoms with van der Waals surface area (Å²) in [4.78, 5) is 4.38. The van der Waals surface area contributed by atoms with Gasteiger partial charge in [-0.05, 0) is 31.4 Å². The van der Waals surface area contributed by atoms with E-state index in [0.29, 0.717) is 6.10 Å². The van der Waals surface area contributed by atoms with E-state index in [9.17, 15) is 0 Å². The second-order valence-corrected chi connectivity index (χ2v) is 6.72. The molecule has 1 aliphatic rings. The second-order valence-electron chi connectivity index (χ2n) is 5.83. The van der Waals surface area contributed by atoms with Crippen molar-refractivity contribution < 1.29 is 4.74 Å². The van der Waals surface area contributed by atoms with E-state index in [-0.39, 0.29) is 0 Å². The van der Waals surface area contributed by atoms with Crippen LogP contribution in [-0.4, -0.2) is 27.5 Å². The number of thiazole rings is 1. The Morgan fingerprint density at radius 3 is 3.00 bits per heavy atom. The summed E-state index contributed by atoms with van der Waals surface area (Å²) >= 11 is 1.66. The molecule has 1 fully saturated rings. The van der Waals surface area contributed by atoms with Gasteiger partial charge in [-0.25, -0.2) is 4.98 Å². The molecule has 0 bridgehead atoms. The van der Waals surface area contributed by atoms with E-state index < -0.39 is 0 Å². The van der Waals surface area contributed by atoms with Crippen molar-refractivity contribution in [3.8, 4) is 21.8 Å². The van der Waals surface area contributed by atoms with Crippen molar-refractivity contribution in [2.24, 2.45) is 0 Å². The lowest BCUT2D eigenvalue weighted by Crippen LogP contribution is -2.24. The van der Waals surface area contributed by atoms with Gasteiger partial charge in [-0.1, -0.05) is 18.2 Å². The van der Waals surface area contributed by atoms with Crippen molar-refractivity contribution in [3.05, 3.63) is 48.1 Å². The normalized spacial score (nSPS) is 18.2. The standard InChI is InChI=1S/C18H19N3OS/c1-2-10-22-16(6-1)13-21-9-7-17(20-21)14-4-3-5-15(12-14)18-19-8-11-23-18/h3-5,7-9,11-12,16H,1-2,6,10,13H2. The topological polar surface area (TPSA) is 39.9 Å². The first kappa shape index (κ1) is 14.6. The molecule has 1 atom stereocenters.